The SMILES string of the molecule is Cn1cc(C2(F)CCCNCC2)nn1. The molecule has 1 aromatic rings. The molecule has 1 N–H and O–H groups in total. The summed E-state index contributed by atoms with van der Waals surface area (Å²) >= 11 is 0. The van der Waals surface area contributed by atoms with Gasteiger partial charge in [0.05, 0.1) is 6.20 Å². The van der Waals surface area contributed by atoms with E-state index in [1.54, 1.807) is 17.9 Å². The quantitative estimate of drug-likeness (QED) is 0.724. The number of aromatic nitrogens is 3. The fourth-order valence-corrected chi connectivity index (χ4v) is 1.84. The van der Waals surface area contributed by atoms with Crippen molar-refractivity contribution in [1.29, 1.82) is 0 Å². The summed E-state index contributed by atoms with van der Waals surface area (Å²) < 4.78 is 16.0. The van der Waals surface area contributed by atoms with Crippen LogP contribution in [0.15, 0.2) is 6.20 Å². The summed E-state index contributed by atoms with van der Waals surface area (Å²) in [5.74, 6) is 0. The summed E-state index contributed by atoms with van der Waals surface area (Å²) in [6, 6.07) is 0. The molecule has 0 radical (unpaired) electrons. The van der Waals surface area contributed by atoms with Crippen LogP contribution in [-0.2, 0) is 12.7 Å². The number of hydrogen-bond acceptors (Lipinski definition) is 3. The van der Waals surface area contributed by atoms with Gasteiger partial charge in [0.15, 0.2) is 5.67 Å². The lowest BCUT2D eigenvalue weighted by atomic mass is 9.94. The van der Waals surface area contributed by atoms with Gasteiger partial charge in [0.2, 0.25) is 0 Å². The van der Waals surface area contributed by atoms with Crippen molar-refractivity contribution in [2.45, 2.75) is 24.9 Å². The second-order valence-corrected chi connectivity index (χ2v) is 3.85. The first kappa shape index (κ1) is 9.58. The van der Waals surface area contributed by atoms with Crippen molar-refractivity contribution < 1.29 is 4.39 Å². The van der Waals surface area contributed by atoms with Crippen molar-refractivity contribution in [2.75, 3.05) is 13.1 Å². The average Bonchev–Trinajstić information content (AvgIpc) is 2.47. The predicted molar refractivity (Wildman–Crippen MR) is 50.5 cm³/mol. The Morgan fingerprint density at radius 3 is 3.07 bits per heavy atom. The van der Waals surface area contributed by atoms with Crippen LogP contribution in [0.25, 0.3) is 0 Å². The number of aryl methyl sites for hydroxylation is 1. The molecule has 78 valence electrons. The van der Waals surface area contributed by atoms with Gasteiger partial charge >= 0.3 is 0 Å². The Kier molecular flexibility index (Phi) is 2.50. The average molecular weight is 198 g/mol. The molecular formula is C9H15FN4. The summed E-state index contributed by atoms with van der Waals surface area (Å²) in [5.41, 5.74) is -0.804. The van der Waals surface area contributed by atoms with Gasteiger partial charge in [-0.05, 0) is 32.4 Å². The molecule has 14 heavy (non-hydrogen) atoms. The van der Waals surface area contributed by atoms with Gasteiger partial charge in [-0.2, -0.15) is 0 Å². The van der Waals surface area contributed by atoms with Gasteiger partial charge in [0.1, 0.15) is 5.69 Å². The normalized spacial score (nSPS) is 28.7. The lowest BCUT2D eigenvalue weighted by Crippen LogP contribution is -2.22. The molecule has 1 unspecified atom stereocenters. The largest absolute Gasteiger partial charge is 0.317 e. The van der Waals surface area contributed by atoms with Gasteiger partial charge in [-0.1, -0.05) is 5.21 Å². The van der Waals surface area contributed by atoms with E-state index in [2.05, 4.69) is 15.6 Å². The molecule has 0 aliphatic carbocycles. The highest BCUT2D eigenvalue weighted by Crippen LogP contribution is 2.33. The van der Waals surface area contributed by atoms with Crippen molar-refractivity contribution in [3.8, 4) is 0 Å². The highest BCUT2D eigenvalue weighted by Gasteiger charge is 2.35. The fraction of sp³-hybridized carbons (Fsp3) is 0.778. The molecule has 0 amide bonds. The van der Waals surface area contributed by atoms with E-state index in [-0.39, 0.29) is 0 Å². The maximum Gasteiger partial charge on any atom is 0.157 e. The van der Waals surface area contributed by atoms with E-state index in [4.69, 9.17) is 0 Å². The Morgan fingerprint density at radius 2 is 2.36 bits per heavy atom. The summed E-state index contributed by atoms with van der Waals surface area (Å²) in [7, 11) is 1.76. The summed E-state index contributed by atoms with van der Waals surface area (Å²) in [6.07, 6.45) is 3.56. The highest BCUT2D eigenvalue weighted by molar-refractivity contribution is 5.07. The monoisotopic (exact) mass is 198 g/mol. The highest BCUT2D eigenvalue weighted by atomic mass is 19.1. The van der Waals surface area contributed by atoms with E-state index in [0.717, 1.165) is 13.0 Å². The van der Waals surface area contributed by atoms with Gasteiger partial charge in [-0.25, -0.2) is 4.39 Å². The number of halogens is 1. The zero-order valence-electron chi connectivity index (χ0n) is 8.33. The lowest BCUT2D eigenvalue weighted by Gasteiger charge is -2.19. The first-order valence-electron chi connectivity index (χ1n) is 4.97. The molecule has 1 fully saturated rings. The number of nitrogens with one attached hydrogen (secondary N) is 1. The molecule has 5 heteroatoms. The number of alkyl halides is 1. The van der Waals surface area contributed by atoms with Gasteiger partial charge in [0.25, 0.3) is 0 Å². The molecule has 0 saturated carbocycles. The lowest BCUT2D eigenvalue weighted by molar-refractivity contribution is 0.139. The van der Waals surface area contributed by atoms with Gasteiger partial charge in [-0.15, -0.1) is 5.10 Å². The van der Waals surface area contributed by atoms with Crippen LogP contribution < -0.4 is 5.32 Å². The molecule has 1 saturated heterocycles. The van der Waals surface area contributed by atoms with Crippen molar-refractivity contribution >= 4 is 0 Å². The Balaban J connectivity index is 2.20. The van der Waals surface area contributed by atoms with Crippen molar-refractivity contribution in [1.82, 2.24) is 20.3 Å². The third-order valence-corrected chi connectivity index (χ3v) is 2.69. The van der Waals surface area contributed by atoms with Crippen molar-refractivity contribution in [3.63, 3.8) is 0 Å². The molecule has 0 spiro atoms. The maximum absolute atomic E-state index is 14.4. The molecule has 1 aromatic heterocycles. The molecule has 0 bridgehead atoms. The number of nitrogens with zero attached hydrogens (tertiary/aromatic N) is 3. The van der Waals surface area contributed by atoms with Crippen LogP contribution in [0, 0.1) is 0 Å². The Morgan fingerprint density at radius 1 is 1.50 bits per heavy atom. The summed E-state index contributed by atoms with van der Waals surface area (Å²) in [5, 5.41) is 10.8. The Labute approximate surface area is 82.5 Å². The molecule has 1 atom stereocenters. The number of rotatable bonds is 1. The molecule has 2 heterocycles. The van der Waals surface area contributed by atoms with E-state index in [0.29, 0.717) is 25.1 Å². The van der Waals surface area contributed by atoms with E-state index < -0.39 is 5.67 Å². The van der Waals surface area contributed by atoms with Crippen LogP contribution in [0.5, 0.6) is 0 Å². The van der Waals surface area contributed by atoms with Crippen LogP contribution in [-0.4, -0.2) is 28.1 Å². The van der Waals surface area contributed by atoms with Crippen LogP contribution in [0.1, 0.15) is 25.0 Å². The first-order chi connectivity index (χ1) is 6.71. The predicted octanol–water partition coefficient (Wildman–Crippen LogP) is 0.753. The third-order valence-electron chi connectivity index (χ3n) is 2.69. The standard InChI is InChI=1S/C9H15FN4/c1-14-7-8(12-13-14)9(10)3-2-5-11-6-4-9/h7,11H,2-6H2,1H3. The second kappa shape index (κ2) is 3.65. The molecule has 0 aromatic carbocycles. The summed E-state index contributed by atoms with van der Waals surface area (Å²) in [4.78, 5) is 0. The summed E-state index contributed by atoms with van der Waals surface area (Å²) in [6.45, 7) is 1.61. The van der Waals surface area contributed by atoms with E-state index in [1.807, 2.05) is 0 Å². The third kappa shape index (κ3) is 1.77. The minimum Gasteiger partial charge on any atom is -0.317 e. The molecule has 1 aliphatic rings. The second-order valence-electron chi connectivity index (χ2n) is 3.85. The smallest absolute Gasteiger partial charge is 0.157 e. The topological polar surface area (TPSA) is 42.7 Å². The Bertz CT molecular complexity index is 302. The minimum atomic E-state index is -1.28. The van der Waals surface area contributed by atoms with Crippen LogP contribution in [0.3, 0.4) is 0 Å². The fourth-order valence-electron chi connectivity index (χ4n) is 1.84. The first-order valence-corrected chi connectivity index (χ1v) is 4.97. The molecular weight excluding hydrogens is 183 g/mol. The zero-order valence-corrected chi connectivity index (χ0v) is 8.33. The van der Waals surface area contributed by atoms with Crippen LogP contribution >= 0.6 is 0 Å². The number of hydrogen-bond donors (Lipinski definition) is 1. The van der Waals surface area contributed by atoms with E-state index >= 15 is 0 Å². The van der Waals surface area contributed by atoms with Gasteiger partial charge in [0, 0.05) is 7.05 Å². The maximum atomic E-state index is 14.4. The van der Waals surface area contributed by atoms with E-state index in [1.165, 1.54) is 0 Å². The van der Waals surface area contributed by atoms with Crippen molar-refractivity contribution in [3.05, 3.63) is 11.9 Å². The van der Waals surface area contributed by atoms with Crippen LogP contribution in [0.2, 0.25) is 0 Å². The van der Waals surface area contributed by atoms with Gasteiger partial charge < -0.3 is 5.32 Å². The molecule has 1 aliphatic heterocycles. The van der Waals surface area contributed by atoms with Crippen molar-refractivity contribution in [2.24, 2.45) is 7.05 Å². The van der Waals surface area contributed by atoms with Crippen LogP contribution in [0.4, 0.5) is 4.39 Å². The van der Waals surface area contributed by atoms with Gasteiger partial charge in [-0.3, -0.25) is 4.68 Å². The molecule has 4 nitrogen and oxygen atoms in total. The van der Waals surface area contributed by atoms with E-state index in [9.17, 15) is 4.39 Å². The zero-order chi connectivity index (χ0) is 10.0. The minimum absolute atomic E-state index is 0.476. The Hall–Kier alpha value is -0.970. The molecule has 2 rings (SSSR count).